The maximum Gasteiger partial charge on any atom is 0.263 e. The SMILES string of the molecule is Cc1cc(NC(=O)c2cccn(CC(=O)N(Cc3ccccn3)C3CC3)c2=O)no1. The molecule has 1 aliphatic rings. The predicted molar refractivity (Wildman–Crippen MR) is 108 cm³/mol. The number of nitrogens with one attached hydrogen (secondary N) is 1. The fourth-order valence-electron chi connectivity index (χ4n) is 3.15. The highest BCUT2D eigenvalue weighted by molar-refractivity contribution is 6.03. The van der Waals surface area contributed by atoms with Crippen LogP contribution in [0.4, 0.5) is 5.82 Å². The van der Waals surface area contributed by atoms with Crippen molar-refractivity contribution >= 4 is 17.6 Å². The zero-order chi connectivity index (χ0) is 21.1. The molecule has 154 valence electrons. The van der Waals surface area contributed by atoms with E-state index in [1.807, 2.05) is 18.2 Å². The molecule has 0 saturated heterocycles. The maximum absolute atomic E-state index is 12.9. The summed E-state index contributed by atoms with van der Waals surface area (Å²) in [7, 11) is 0. The highest BCUT2D eigenvalue weighted by Gasteiger charge is 2.33. The van der Waals surface area contributed by atoms with Gasteiger partial charge < -0.3 is 19.3 Å². The largest absolute Gasteiger partial charge is 0.360 e. The molecule has 0 aliphatic heterocycles. The Balaban J connectivity index is 1.49. The van der Waals surface area contributed by atoms with Gasteiger partial charge in [-0.1, -0.05) is 11.2 Å². The third-order valence-electron chi connectivity index (χ3n) is 4.81. The number of hydrogen-bond acceptors (Lipinski definition) is 6. The van der Waals surface area contributed by atoms with E-state index >= 15 is 0 Å². The molecule has 1 fully saturated rings. The van der Waals surface area contributed by atoms with E-state index in [4.69, 9.17) is 4.52 Å². The van der Waals surface area contributed by atoms with Gasteiger partial charge in [0.1, 0.15) is 17.9 Å². The van der Waals surface area contributed by atoms with Crippen LogP contribution in [0.5, 0.6) is 0 Å². The first-order chi connectivity index (χ1) is 14.5. The summed E-state index contributed by atoms with van der Waals surface area (Å²) >= 11 is 0. The molecule has 1 aliphatic carbocycles. The first-order valence-corrected chi connectivity index (χ1v) is 9.65. The molecule has 4 rings (SSSR count). The molecule has 1 N–H and O–H groups in total. The van der Waals surface area contributed by atoms with E-state index in [0.717, 1.165) is 18.5 Å². The minimum absolute atomic E-state index is 0.0753. The normalized spacial score (nSPS) is 13.1. The van der Waals surface area contributed by atoms with Crippen LogP contribution in [0.15, 0.2) is 58.1 Å². The van der Waals surface area contributed by atoms with E-state index in [1.54, 1.807) is 30.2 Å². The van der Waals surface area contributed by atoms with Gasteiger partial charge in [0.25, 0.3) is 11.5 Å². The molecule has 1 saturated carbocycles. The van der Waals surface area contributed by atoms with Crippen molar-refractivity contribution in [1.82, 2.24) is 19.6 Å². The number of amides is 2. The van der Waals surface area contributed by atoms with Gasteiger partial charge >= 0.3 is 0 Å². The Hall–Kier alpha value is -3.75. The van der Waals surface area contributed by atoms with Crippen molar-refractivity contribution < 1.29 is 14.1 Å². The average Bonchev–Trinajstić information content (AvgIpc) is 3.50. The van der Waals surface area contributed by atoms with Crippen LogP contribution < -0.4 is 10.9 Å². The van der Waals surface area contributed by atoms with Gasteiger partial charge in [0, 0.05) is 24.5 Å². The molecular weight excluding hydrogens is 386 g/mol. The molecular formula is C21H21N5O4. The molecule has 9 nitrogen and oxygen atoms in total. The number of aromatic nitrogens is 3. The van der Waals surface area contributed by atoms with Crippen LogP contribution in [0.25, 0.3) is 0 Å². The smallest absolute Gasteiger partial charge is 0.263 e. The van der Waals surface area contributed by atoms with E-state index in [2.05, 4.69) is 15.5 Å². The first kappa shape index (κ1) is 19.6. The summed E-state index contributed by atoms with van der Waals surface area (Å²) in [6.45, 7) is 1.94. The highest BCUT2D eigenvalue weighted by atomic mass is 16.5. The summed E-state index contributed by atoms with van der Waals surface area (Å²) in [6, 6.07) is 10.3. The number of anilines is 1. The molecule has 0 spiro atoms. The zero-order valence-electron chi connectivity index (χ0n) is 16.4. The second kappa shape index (κ2) is 8.32. The third-order valence-corrected chi connectivity index (χ3v) is 4.81. The van der Waals surface area contributed by atoms with Crippen molar-refractivity contribution in [2.24, 2.45) is 0 Å². The highest BCUT2D eigenvalue weighted by Crippen LogP contribution is 2.28. The van der Waals surface area contributed by atoms with Crippen LogP contribution in [-0.4, -0.2) is 37.5 Å². The third kappa shape index (κ3) is 4.45. The summed E-state index contributed by atoms with van der Waals surface area (Å²) < 4.78 is 6.16. The summed E-state index contributed by atoms with van der Waals surface area (Å²) in [5.74, 6) is -0.0364. The quantitative estimate of drug-likeness (QED) is 0.641. The van der Waals surface area contributed by atoms with Crippen LogP contribution in [0.2, 0.25) is 0 Å². The standard InChI is InChI=1S/C21H21N5O4/c1-14-11-18(24-30-14)23-20(28)17-6-4-10-25(21(17)29)13-19(27)26(16-7-8-16)12-15-5-2-3-9-22-15/h2-6,9-11,16H,7-8,12-13H2,1H3,(H,23,24,28). The van der Waals surface area contributed by atoms with Gasteiger partial charge in [-0.05, 0) is 44.0 Å². The number of hydrogen-bond donors (Lipinski definition) is 1. The van der Waals surface area contributed by atoms with E-state index < -0.39 is 11.5 Å². The van der Waals surface area contributed by atoms with Gasteiger partial charge in [-0.15, -0.1) is 0 Å². The molecule has 0 radical (unpaired) electrons. The van der Waals surface area contributed by atoms with Gasteiger partial charge in [0.05, 0.1) is 12.2 Å². The minimum Gasteiger partial charge on any atom is -0.360 e. The lowest BCUT2D eigenvalue weighted by Gasteiger charge is -2.22. The minimum atomic E-state index is -0.609. The molecule has 0 bridgehead atoms. The summed E-state index contributed by atoms with van der Waals surface area (Å²) in [4.78, 5) is 44.2. The average molecular weight is 407 g/mol. The molecule has 3 aromatic rings. The van der Waals surface area contributed by atoms with E-state index in [0.29, 0.717) is 12.3 Å². The number of nitrogens with zero attached hydrogens (tertiary/aromatic N) is 4. The number of carbonyl (C=O) groups excluding carboxylic acids is 2. The van der Waals surface area contributed by atoms with Crippen LogP contribution >= 0.6 is 0 Å². The zero-order valence-corrected chi connectivity index (χ0v) is 16.4. The molecule has 0 unspecified atom stereocenters. The first-order valence-electron chi connectivity index (χ1n) is 9.65. The van der Waals surface area contributed by atoms with Crippen molar-refractivity contribution in [3.05, 3.63) is 76.2 Å². The van der Waals surface area contributed by atoms with E-state index in [1.165, 1.54) is 16.8 Å². The molecule has 9 heteroatoms. The van der Waals surface area contributed by atoms with Gasteiger partial charge in [-0.2, -0.15) is 0 Å². The second-order valence-electron chi connectivity index (χ2n) is 7.21. The molecule has 2 amide bonds. The van der Waals surface area contributed by atoms with Gasteiger partial charge in [-0.3, -0.25) is 19.4 Å². The lowest BCUT2D eigenvalue weighted by molar-refractivity contribution is -0.133. The lowest BCUT2D eigenvalue weighted by atomic mass is 10.2. The molecule has 0 aromatic carbocycles. The molecule has 30 heavy (non-hydrogen) atoms. The second-order valence-corrected chi connectivity index (χ2v) is 7.21. The molecule has 3 aromatic heterocycles. The van der Waals surface area contributed by atoms with E-state index in [-0.39, 0.29) is 29.9 Å². The Morgan fingerprint density at radius 3 is 2.77 bits per heavy atom. The Morgan fingerprint density at radius 2 is 2.10 bits per heavy atom. The Labute approximate surface area is 172 Å². The number of pyridine rings is 2. The lowest BCUT2D eigenvalue weighted by Crippen LogP contribution is -2.38. The number of rotatable bonds is 7. The molecule has 0 atom stereocenters. The van der Waals surface area contributed by atoms with Gasteiger partial charge in [0.15, 0.2) is 5.82 Å². The van der Waals surface area contributed by atoms with Crippen molar-refractivity contribution in [3.8, 4) is 0 Å². The fraction of sp³-hybridized carbons (Fsp3) is 0.286. The predicted octanol–water partition coefficient (Wildman–Crippen LogP) is 1.98. The van der Waals surface area contributed by atoms with E-state index in [9.17, 15) is 14.4 Å². The summed E-state index contributed by atoms with van der Waals surface area (Å²) in [5.41, 5.74) is 0.173. The van der Waals surface area contributed by atoms with Gasteiger partial charge in [-0.25, -0.2) is 0 Å². The maximum atomic E-state index is 12.9. The Bertz CT molecular complexity index is 1120. The Morgan fingerprint density at radius 1 is 1.27 bits per heavy atom. The number of aryl methyl sites for hydroxylation is 1. The number of carbonyl (C=O) groups is 2. The van der Waals surface area contributed by atoms with Crippen molar-refractivity contribution in [3.63, 3.8) is 0 Å². The summed E-state index contributed by atoms with van der Waals surface area (Å²) in [5, 5.41) is 6.21. The summed E-state index contributed by atoms with van der Waals surface area (Å²) in [6.07, 6.45) is 5.07. The van der Waals surface area contributed by atoms with Crippen molar-refractivity contribution in [1.29, 1.82) is 0 Å². The monoisotopic (exact) mass is 407 g/mol. The van der Waals surface area contributed by atoms with Crippen LogP contribution in [0.1, 0.15) is 34.7 Å². The Kier molecular flexibility index (Phi) is 5.42. The van der Waals surface area contributed by atoms with Crippen LogP contribution in [0.3, 0.4) is 0 Å². The van der Waals surface area contributed by atoms with Crippen LogP contribution in [0, 0.1) is 6.92 Å². The molecule has 3 heterocycles. The van der Waals surface area contributed by atoms with Crippen molar-refractivity contribution in [2.75, 3.05) is 5.32 Å². The topological polar surface area (TPSA) is 110 Å². The van der Waals surface area contributed by atoms with Crippen molar-refractivity contribution in [2.45, 2.75) is 38.9 Å². The van der Waals surface area contributed by atoms with Crippen LogP contribution in [-0.2, 0) is 17.9 Å². The van der Waals surface area contributed by atoms with Gasteiger partial charge in [0.2, 0.25) is 5.91 Å². The fourth-order valence-corrected chi connectivity index (χ4v) is 3.15.